The van der Waals surface area contributed by atoms with Crippen molar-refractivity contribution >= 4 is 5.91 Å². The van der Waals surface area contributed by atoms with E-state index in [9.17, 15) is 20.1 Å². The van der Waals surface area contributed by atoms with Gasteiger partial charge < -0.3 is 21.1 Å². The molecule has 6 nitrogen and oxygen atoms in total. The number of hydrogen-bond donors (Lipinski definition) is 4. The smallest absolute Gasteiger partial charge is 0.252 e. The topological polar surface area (TPSA) is 128 Å². The molecule has 1 aromatic rings. The molecular weight excluding hydrogens is 224 g/mol. The summed E-state index contributed by atoms with van der Waals surface area (Å²) >= 11 is 0. The molecule has 90 valence electrons. The quantitative estimate of drug-likeness (QED) is 0.575. The summed E-state index contributed by atoms with van der Waals surface area (Å²) in [5.74, 6) is -1.14. The van der Waals surface area contributed by atoms with Crippen molar-refractivity contribution in [2.75, 3.05) is 0 Å². The van der Waals surface area contributed by atoms with Gasteiger partial charge in [-0.15, -0.1) is 0 Å². The summed E-state index contributed by atoms with van der Waals surface area (Å²) in [6.07, 6.45) is -2.81. The molecule has 17 heavy (non-hydrogen) atoms. The number of rotatable bonds is 4. The lowest BCUT2D eigenvalue weighted by Crippen LogP contribution is -2.18. The second-order valence-corrected chi connectivity index (χ2v) is 3.52. The highest BCUT2D eigenvalue weighted by Crippen LogP contribution is 2.24. The number of aliphatic hydroxyl groups excluding tert-OH is 2. The van der Waals surface area contributed by atoms with Gasteiger partial charge in [0.05, 0.1) is 24.2 Å². The number of nitriles is 1. The molecule has 1 amide bonds. The van der Waals surface area contributed by atoms with Crippen molar-refractivity contribution in [1.82, 2.24) is 0 Å². The molecule has 0 bridgehead atoms. The first-order valence-corrected chi connectivity index (χ1v) is 4.83. The number of nitrogens with two attached hydrogens (primary N) is 1. The second kappa shape index (κ2) is 5.30. The minimum atomic E-state index is -1.31. The molecule has 0 aliphatic carbocycles. The highest BCUT2D eigenvalue weighted by Gasteiger charge is 2.20. The lowest BCUT2D eigenvalue weighted by atomic mass is 10.00. The van der Waals surface area contributed by atoms with Crippen molar-refractivity contribution in [1.29, 1.82) is 5.26 Å². The number of aromatic hydroxyl groups is 1. The monoisotopic (exact) mass is 236 g/mol. The molecule has 2 unspecified atom stereocenters. The van der Waals surface area contributed by atoms with Gasteiger partial charge in [-0.05, 0) is 17.7 Å². The summed E-state index contributed by atoms with van der Waals surface area (Å²) in [4.78, 5) is 11.0. The van der Waals surface area contributed by atoms with E-state index in [0.29, 0.717) is 0 Å². The highest BCUT2D eigenvalue weighted by atomic mass is 16.3. The molecule has 0 fully saturated rings. The Bertz CT molecular complexity index is 467. The zero-order valence-electron chi connectivity index (χ0n) is 8.87. The van der Waals surface area contributed by atoms with E-state index in [1.807, 2.05) is 0 Å². The highest BCUT2D eigenvalue weighted by molar-refractivity contribution is 5.95. The molecular formula is C11H12N2O4. The first-order valence-electron chi connectivity index (χ1n) is 4.83. The number of benzene rings is 1. The van der Waals surface area contributed by atoms with Crippen LogP contribution in [-0.4, -0.2) is 27.3 Å². The molecule has 0 heterocycles. The van der Waals surface area contributed by atoms with Crippen LogP contribution in [0.5, 0.6) is 5.75 Å². The van der Waals surface area contributed by atoms with Crippen molar-refractivity contribution in [3.63, 3.8) is 0 Å². The Hall–Kier alpha value is -2.10. The minimum Gasteiger partial charge on any atom is -0.507 e. The summed E-state index contributed by atoms with van der Waals surface area (Å²) in [5, 5.41) is 36.8. The molecule has 0 aliphatic rings. The predicted molar refractivity (Wildman–Crippen MR) is 57.8 cm³/mol. The number of carbonyl (C=O) groups is 1. The van der Waals surface area contributed by atoms with Gasteiger partial charge in [-0.3, -0.25) is 4.79 Å². The second-order valence-electron chi connectivity index (χ2n) is 3.52. The van der Waals surface area contributed by atoms with Crippen LogP contribution >= 0.6 is 0 Å². The molecule has 0 aliphatic heterocycles. The van der Waals surface area contributed by atoms with E-state index in [-0.39, 0.29) is 23.3 Å². The standard InChI is InChI=1S/C11H12N2O4/c12-4-3-9(15)10(16)6-1-2-8(14)7(5-6)11(13)17/h1-2,5,9-10,14-16H,3H2,(H2,13,17). The van der Waals surface area contributed by atoms with Gasteiger partial charge in [0.15, 0.2) is 0 Å². The fourth-order valence-electron chi connectivity index (χ4n) is 1.36. The molecule has 1 rings (SSSR count). The lowest BCUT2D eigenvalue weighted by Gasteiger charge is -2.16. The molecule has 0 spiro atoms. The third kappa shape index (κ3) is 2.93. The Labute approximate surface area is 97.5 Å². The minimum absolute atomic E-state index is 0.147. The van der Waals surface area contributed by atoms with Gasteiger partial charge >= 0.3 is 0 Å². The van der Waals surface area contributed by atoms with Crippen LogP contribution in [0.15, 0.2) is 18.2 Å². The Kier molecular flexibility index (Phi) is 4.04. The largest absolute Gasteiger partial charge is 0.507 e. The molecule has 0 aromatic heterocycles. The molecule has 0 radical (unpaired) electrons. The fraction of sp³-hybridized carbons (Fsp3) is 0.273. The Balaban J connectivity index is 3.04. The van der Waals surface area contributed by atoms with E-state index >= 15 is 0 Å². The van der Waals surface area contributed by atoms with Crippen LogP contribution < -0.4 is 5.73 Å². The van der Waals surface area contributed by atoms with E-state index in [0.717, 1.165) is 0 Å². The van der Waals surface area contributed by atoms with Gasteiger partial charge in [0.25, 0.3) is 5.91 Å². The summed E-state index contributed by atoms with van der Waals surface area (Å²) in [7, 11) is 0. The molecule has 1 aromatic carbocycles. The summed E-state index contributed by atoms with van der Waals surface area (Å²) < 4.78 is 0. The first-order chi connectivity index (χ1) is 7.97. The number of hydrogen-bond acceptors (Lipinski definition) is 5. The van der Waals surface area contributed by atoms with Crippen LogP contribution in [0, 0.1) is 11.3 Å². The maximum Gasteiger partial charge on any atom is 0.252 e. The predicted octanol–water partition coefficient (Wildman–Crippen LogP) is -0.201. The van der Waals surface area contributed by atoms with Crippen LogP contribution in [0.1, 0.15) is 28.4 Å². The number of nitrogens with zero attached hydrogens (tertiary/aromatic N) is 1. The van der Waals surface area contributed by atoms with Crippen LogP contribution in [-0.2, 0) is 0 Å². The van der Waals surface area contributed by atoms with Gasteiger partial charge in [0, 0.05) is 0 Å². The lowest BCUT2D eigenvalue weighted by molar-refractivity contribution is 0.0215. The van der Waals surface area contributed by atoms with Crippen LogP contribution in [0.4, 0.5) is 0 Å². The van der Waals surface area contributed by atoms with E-state index in [1.54, 1.807) is 6.07 Å². The third-order valence-electron chi connectivity index (χ3n) is 2.29. The van der Waals surface area contributed by atoms with Gasteiger partial charge in [0.2, 0.25) is 0 Å². The maximum absolute atomic E-state index is 11.0. The SMILES string of the molecule is N#CCC(O)C(O)c1ccc(O)c(C(N)=O)c1. The zero-order chi connectivity index (χ0) is 13.0. The number of primary amides is 1. The first kappa shape index (κ1) is 13.0. The summed E-state index contributed by atoms with van der Waals surface area (Å²) in [6.45, 7) is 0. The maximum atomic E-state index is 11.0. The number of carbonyl (C=O) groups excluding carboxylic acids is 1. The normalized spacial score (nSPS) is 13.7. The van der Waals surface area contributed by atoms with Gasteiger partial charge in [-0.2, -0.15) is 5.26 Å². The number of amides is 1. The number of aliphatic hydroxyl groups is 2. The van der Waals surface area contributed by atoms with Crippen molar-refractivity contribution in [2.45, 2.75) is 18.6 Å². The molecule has 6 heteroatoms. The summed E-state index contributed by atoms with van der Waals surface area (Å²) in [6, 6.07) is 5.43. The number of phenols is 1. The van der Waals surface area contributed by atoms with Crippen molar-refractivity contribution in [3.8, 4) is 11.8 Å². The van der Waals surface area contributed by atoms with E-state index in [1.165, 1.54) is 18.2 Å². The molecule has 0 saturated heterocycles. The van der Waals surface area contributed by atoms with Gasteiger partial charge in [0.1, 0.15) is 11.9 Å². The Morgan fingerprint density at radius 2 is 2.12 bits per heavy atom. The van der Waals surface area contributed by atoms with Gasteiger partial charge in [-0.25, -0.2) is 0 Å². The molecule has 0 saturated carbocycles. The third-order valence-corrected chi connectivity index (χ3v) is 2.29. The summed E-state index contributed by atoms with van der Waals surface area (Å²) in [5.41, 5.74) is 5.08. The molecule has 5 N–H and O–H groups in total. The van der Waals surface area contributed by atoms with Crippen LogP contribution in [0.2, 0.25) is 0 Å². The van der Waals surface area contributed by atoms with E-state index in [2.05, 4.69) is 0 Å². The van der Waals surface area contributed by atoms with Crippen LogP contribution in [0.25, 0.3) is 0 Å². The van der Waals surface area contributed by atoms with Crippen molar-refractivity contribution < 1.29 is 20.1 Å². The van der Waals surface area contributed by atoms with Gasteiger partial charge in [-0.1, -0.05) is 6.07 Å². The zero-order valence-corrected chi connectivity index (χ0v) is 8.87. The Morgan fingerprint density at radius 3 is 2.65 bits per heavy atom. The average molecular weight is 236 g/mol. The Morgan fingerprint density at radius 1 is 1.47 bits per heavy atom. The fourth-order valence-corrected chi connectivity index (χ4v) is 1.36. The average Bonchev–Trinajstić information content (AvgIpc) is 2.28. The van der Waals surface area contributed by atoms with E-state index < -0.39 is 18.1 Å². The van der Waals surface area contributed by atoms with Crippen molar-refractivity contribution in [2.24, 2.45) is 5.73 Å². The molecule has 2 atom stereocenters. The van der Waals surface area contributed by atoms with Crippen LogP contribution in [0.3, 0.4) is 0 Å². The van der Waals surface area contributed by atoms with E-state index in [4.69, 9.17) is 11.0 Å². The van der Waals surface area contributed by atoms with Crippen molar-refractivity contribution in [3.05, 3.63) is 29.3 Å².